The number of nitrogens with two attached hydrogens (primary N) is 1. The summed E-state index contributed by atoms with van der Waals surface area (Å²) in [5.74, 6) is -2.07. The van der Waals surface area contributed by atoms with E-state index in [0.717, 1.165) is 0 Å². The van der Waals surface area contributed by atoms with Crippen LogP contribution in [-0.2, 0) is 4.79 Å². The fourth-order valence-corrected chi connectivity index (χ4v) is 1.28. The monoisotopic (exact) mass is 264 g/mol. The molecule has 1 aromatic rings. The van der Waals surface area contributed by atoms with Crippen molar-refractivity contribution in [2.24, 2.45) is 11.1 Å². The molecule has 0 unspecified atom stereocenters. The fraction of sp³-hybridized carbons (Fsp3) is 0.308. The second kappa shape index (κ2) is 5.51. The van der Waals surface area contributed by atoms with Gasteiger partial charge in [0.25, 0.3) is 5.91 Å². The van der Waals surface area contributed by atoms with Crippen LogP contribution in [0.3, 0.4) is 0 Å². The van der Waals surface area contributed by atoms with Crippen LogP contribution in [-0.4, -0.2) is 29.4 Å². The van der Waals surface area contributed by atoms with Crippen LogP contribution in [0.25, 0.3) is 0 Å². The van der Waals surface area contributed by atoms with E-state index in [-0.39, 0.29) is 17.7 Å². The largest absolute Gasteiger partial charge is 0.478 e. The number of carbonyl (C=O) groups excluding carboxylic acids is 2. The Labute approximate surface area is 110 Å². The van der Waals surface area contributed by atoms with Crippen molar-refractivity contribution in [1.29, 1.82) is 0 Å². The van der Waals surface area contributed by atoms with E-state index in [1.807, 2.05) is 0 Å². The lowest BCUT2D eigenvalue weighted by molar-refractivity contribution is -0.125. The molecule has 0 saturated heterocycles. The molecule has 1 aromatic carbocycles. The number of hydrogen-bond donors (Lipinski definition) is 3. The van der Waals surface area contributed by atoms with E-state index in [2.05, 4.69) is 5.32 Å². The molecular formula is C13H16N2O4. The highest BCUT2D eigenvalue weighted by Gasteiger charge is 2.25. The summed E-state index contributed by atoms with van der Waals surface area (Å²) < 4.78 is 0. The van der Waals surface area contributed by atoms with Gasteiger partial charge in [-0.3, -0.25) is 9.59 Å². The number of aromatic carboxylic acids is 1. The van der Waals surface area contributed by atoms with Gasteiger partial charge in [-0.05, 0) is 32.0 Å². The molecular weight excluding hydrogens is 248 g/mol. The van der Waals surface area contributed by atoms with Crippen molar-refractivity contribution < 1.29 is 19.5 Å². The standard InChI is InChI=1S/C13H16N2O4/c1-13(2,12(14)19)7-15-10(16)8-4-3-5-9(6-8)11(17)18/h3-6H,7H2,1-2H3,(H2,14,19)(H,15,16)(H,17,18). The molecule has 6 heteroatoms. The van der Waals surface area contributed by atoms with Gasteiger partial charge in [0.2, 0.25) is 5.91 Å². The number of carboxylic acids is 1. The van der Waals surface area contributed by atoms with Crippen LogP contribution < -0.4 is 11.1 Å². The molecule has 0 fully saturated rings. The lowest BCUT2D eigenvalue weighted by atomic mass is 9.92. The summed E-state index contributed by atoms with van der Waals surface area (Å²) >= 11 is 0. The summed E-state index contributed by atoms with van der Waals surface area (Å²) in [6.07, 6.45) is 0. The number of benzene rings is 1. The van der Waals surface area contributed by atoms with Gasteiger partial charge in [0, 0.05) is 12.1 Å². The Morgan fingerprint density at radius 1 is 1.26 bits per heavy atom. The summed E-state index contributed by atoms with van der Waals surface area (Å²) in [6.45, 7) is 3.31. The zero-order valence-corrected chi connectivity index (χ0v) is 10.8. The van der Waals surface area contributed by atoms with Crippen LogP contribution in [0.4, 0.5) is 0 Å². The third-order valence-corrected chi connectivity index (χ3v) is 2.73. The number of amides is 2. The Bertz CT molecular complexity index is 523. The van der Waals surface area contributed by atoms with Crippen molar-refractivity contribution >= 4 is 17.8 Å². The normalized spacial score (nSPS) is 10.8. The second-order valence-corrected chi connectivity index (χ2v) is 4.82. The van der Waals surface area contributed by atoms with Crippen molar-refractivity contribution in [2.75, 3.05) is 6.54 Å². The number of hydrogen-bond acceptors (Lipinski definition) is 3. The molecule has 0 heterocycles. The topological polar surface area (TPSA) is 109 Å². The van der Waals surface area contributed by atoms with Crippen molar-refractivity contribution in [3.63, 3.8) is 0 Å². The zero-order chi connectivity index (χ0) is 14.6. The zero-order valence-electron chi connectivity index (χ0n) is 10.8. The summed E-state index contributed by atoms with van der Waals surface area (Å²) in [5.41, 5.74) is 4.58. The van der Waals surface area contributed by atoms with E-state index in [1.165, 1.54) is 24.3 Å². The Morgan fingerprint density at radius 3 is 2.37 bits per heavy atom. The maximum absolute atomic E-state index is 11.8. The van der Waals surface area contributed by atoms with Crippen molar-refractivity contribution in [1.82, 2.24) is 5.32 Å². The minimum Gasteiger partial charge on any atom is -0.478 e. The SMILES string of the molecule is CC(C)(CNC(=O)c1cccc(C(=O)O)c1)C(N)=O. The number of rotatable bonds is 5. The first kappa shape index (κ1) is 14.7. The molecule has 0 spiro atoms. The van der Waals surface area contributed by atoms with Crippen LogP contribution in [0.15, 0.2) is 24.3 Å². The number of carboxylic acid groups (broad SMARTS) is 1. The highest BCUT2D eigenvalue weighted by atomic mass is 16.4. The van der Waals surface area contributed by atoms with Crippen LogP contribution >= 0.6 is 0 Å². The van der Waals surface area contributed by atoms with Crippen molar-refractivity contribution in [2.45, 2.75) is 13.8 Å². The molecule has 0 aliphatic rings. The minimum atomic E-state index is -1.10. The molecule has 6 nitrogen and oxygen atoms in total. The summed E-state index contributed by atoms with van der Waals surface area (Å²) in [6, 6.07) is 5.65. The summed E-state index contributed by atoms with van der Waals surface area (Å²) in [4.78, 5) is 33.7. The van der Waals surface area contributed by atoms with Gasteiger partial charge in [-0.25, -0.2) is 4.79 Å². The van der Waals surface area contributed by atoms with E-state index in [0.29, 0.717) is 0 Å². The Hall–Kier alpha value is -2.37. The third kappa shape index (κ3) is 3.80. The van der Waals surface area contributed by atoms with Gasteiger partial charge in [-0.2, -0.15) is 0 Å². The summed E-state index contributed by atoms with van der Waals surface area (Å²) in [5, 5.41) is 11.4. The first-order valence-electron chi connectivity index (χ1n) is 5.65. The number of nitrogens with one attached hydrogen (secondary N) is 1. The smallest absolute Gasteiger partial charge is 0.335 e. The van der Waals surface area contributed by atoms with Gasteiger partial charge in [-0.15, -0.1) is 0 Å². The first-order chi connectivity index (χ1) is 8.74. The summed E-state index contributed by atoms with van der Waals surface area (Å²) in [7, 11) is 0. The lowest BCUT2D eigenvalue weighted by Crippen LogP contribution is -2.42. The Morgan fingerprint density at radius 2 is 1.84 bits per heavy atom. The van der Waals surface area contributed by atoms with Crippen molar-refractivity contribution in [3.8, 4) is 0 Å². The number of carbonyl (C=O) groups is 3. The molecule has 19 heavy (non-hydrogen) atoms. The van der Waals surface area contributed by atoms with E-state index in [1.54, 1.807) is 13.8 Å². The van der Waals surface area contributed by atoms with Gasteiger partial charge < -0.3 is 16.2 Å². The molecule has 0 aliphatic heterocycles. The average molecular weight is 264 g/mol. The molecule has 0 saturated carbocycles. The Balaban J connectivity index is 2.77. The average Bonchev–Trinajstić information content (AvgIpc) is 2.36. The van der Waals surface area contributed by atoms with Gasteiger partial charge in [-0.1, -0.05) is 6.07 Å². The van der Waals surface area contributed by atoms with E-state index >= 15 is 0 Å². The van der Waals surface area contributed by atoms with Gasteiger partial charge in [0.05, 0.1) is 11.0 Å². The quantitative estimate of drug-likeness (QED) is 0.724. The van der Waals surface area contributed by atoms with Crippen LogP contribution in [0.1, 0.15) is 34.6 Å². The van der Waals surface area contributed by atoms with E-state index in [4.69, 9.17) is 10.8 Å². The highest BCUT2D eigenvalue weighted by molar-refractivity contribution is 5.97. The Kier molecular flexibility index (Phi) is 4.26. The molecule has 2 amide bonds. The van der Waals surface area contributed by atoms with E-state index < -0.39 is 23.2 Å². The minimum absolute atomic E-state index is 0.0295. The molecule has 0 bridgehead atoms. The molecule has 0 radical (unpaired) electrons. The molecule has 0 aliphatic carbocycles. The molecule has 102 valence electrons. The van der Waals surface area contributed by atoms with Crippen LogP contribution in [0.5, 0.6) is 0 Å². The molecule has 4 N–H and O–H groups in total. The van der Waals surface area contributed by atoms with E-state index in [9.17, 15) is 14.4 Å². The van der Waals surface area contributed by atoms with Crippen LogP contribution in [0.2, 0.25) is 0 Å². The van der Waals surface area contributed by atoms with Gasteiger partial charge in [0.15, 0.2) is 0 Å². The maximum atomic E-state index is 11.8. The lowest BCUT2D eigenvalue weighted by Gasteiger charge is -2.20. The third-order valence-electron chi connectivity index (χ3n) is 2.73. The predicted molar refractivity (Wildman–Crippen MR) is 68.7 cm³/mol. The first-order valence-corrected chi connectivity index (χ1v) is 5.65. The van der Waals surface area contributed by atoms with Crippen LogP contribution in [0, 0.1) is 5.41 Å². The highest BCUT2D eigenvalue weighted by Crippen LogP contribution is 2.12. The predicted octanol–water partition coefficient (Wildman–Crippen LogP) is 0.626. The molecule has 0 aromatic heterocycles. The second-order valence-electron chi connectivity index (χ2n) is 4.82. The van der Waals surface area contributed by atoms with Crippen molar-refractivity contribution in [3.05, 3.63) is 35.4 Å². The number of primary amides is 1. The van der Waals surface area contributed by atoms with Gasteiger partial charge in [0.1, 0.15) is 0 Å². The molecule has 0 atom stereocenters. The fourth-order valence-electron chi connectivity index (χ4n) is 1.28. The maximum Gasteiger partial charge on any atom is 0.335 e. The molecule has 1 rings (SSSR count). The van der Waals surface area contributed by atoms with Gasteiger partial charge >= 0.3 is 5.97 Å².